The molecule has 0 radical (unpaired) electrons. The summed E-state index contributed by atoms with van der Waals surface area (Å²) in [5, 5.41) is 0. The highest BCUT2D eigenvalue weighted by Crippen LogP contribution is 2.24. The number of ether oxygens (including phenoxy) is 1. The van der Waals surface area contributed by atoms with Crippen molar-refractivity contribution in [3.8, 4) is 0 Å². The van der Waals surface area contributed by atoms with E-state index in [1.54, 1.807) is 19.5 Å². The molecule has 4 nitrogen and oxygen atoms in total. The molecule has 1 aromatic heterocycles. The largest absolute Gasteiger partial charge is 0.396 e. The molecule has 0 fully saturated rings. The summed E-state index contributed by atoms with van der Waals surface area (Å²) in [5.41, 5.74) is 5.65. The molecule has 4 heteroatoms. The summed E-state index contributed by atoms with van der Waals surface area (Å²) in [6.45, 7) is 3.99. The number of anilines is 1. The Hall–Kier alpha value is -1.16. The first kappa shape index (κ1) is 9.92. The number of nitrogens with two attached hydrogens (primary N) is 1. The van der Waals surface area contributed by atoms with Crippen LogP contribution < -0.4 is 5.73 Å². The summed E-state index contributed by atoms with van der Waals surface area (Å²) in [7, 11) is 1.66. The minimum Gasteiger partial charge on any atom is -0.396 e. The van der Waals surface area contributed by atoms with Crippen molar-refractivity contribution in [2.45, 2.75) is 25.9 Å². The van der Waals surface area contributed by atoms with Crippen molar-refractivity contribution >= 4 is 5.69 Å². The van der Waals surface area contributed by atoms with Crippen LogP contribution in [0.5, 0.6) is 0 Å². The van der Waals surface area contributed by atoms with E-state index in [-0.39, 0.29) is 0 Å². The van der Waals surface area contributed by atoms with Gasteiger partial charge in [-0.1, -0.05) is 6.92 Å². The van der Waals surface area contributed by atoms with Gasteiger partial charge < -0.3 is 10.5 Å². The zero-order valence-corrected chi connectivity index (χ0v) is 8.24. The number of rotatable bonds is 3. The van der Waals surface area contributed by atoms with Gasteiger partial charge in [0.25, 0.3) is 0 Å². The van der Waals surface area contributed by atoms with Gasteiger partial charge in [0.1, 0.15) is 5.60 Å². The van der Waals surface area contributed by atoms with Gasteiger partial charge in [0.05, 0.1) is 18.1 Å². The Morgan fingerprint density at radius 1 is 1.46 bits per heavy atom. The molecule has 0 aliphatic carbocycles. The van der Waals surface area contributed by atoms with E-state index in [9.17, 15) is 0 Å². The quantitative estimate of drug-likeness (QED) is 0.764. The lowest BCUT2D eigenvalue weighted by atomic mass is 10.0. The van der Waals surface area contributed by atoms with Gasteiger partial charge in [-0.3, -0.25) is 0 Å². The predicted molar refractivity (Wildman–Crippen MR) is 51.1 cm³/mol. The highest BCUT2D eigenvalue weighted by atomic mass is 16.5. The lowest BCUT2D eigenvalue weighted by Gasteiger charge is -2.24. The van der Waals surface area contributed by atoms with Crippen molar-refractivity contribution in [3.63, 3.8) is 0 Å². The number of hydrogen-bond donors (Lipinski definition) is 1. The Balaban J connectivity index is 2.99. The number of nitrogen functional groups attached to an aromatic ring is 1. The average Bonchev–Trinajstić information content (AvgIpc) is 2.18. The normalized spacial score (nSPS) is 15.3. The molecule has 0 aliphatic rings. The maximum Gasteiger partial charge on any atom is 0.160 e. The second kappa shape index (κ2) is 3.70. The van der Waals surface area contributed by atoms with Crippen LogP contribution in [0.25, 0.3) is 0 Å². The van der Waals surface area contributed by atoms with Crippen molar-refractivity contribution in [2.75, 3.05) is 12.8 Å². The first-order valence-corrected chi connectivity index (χ1v) is 4.25. The summed E-state index contributed by atoms with van der Waals surface area (Å²) < 4.78 is 5.35. The molecule has 0 spiro atoms. The van der Waals surface area contributed by atoms with E-state index in [2.05, 4.69) is 9.97 Å². The van der Waals surface area contributed by atoms with Crippen molar-refractivity contribution in [1.29, 1.82) is 0 Å². The van der Waals surface area contributed by atoms with Crippen LogP contribution in [0.1, 0.15) is 26.1 Å². The fourth-order valence-corrected chi connectivity index (χ4v) is 1.00. The van der Waals surface area contributed by atoms with Crippen LogP contribution in [-0.4, -0.2) is 17.1 Å². The molecule has 0 saturated carbocycles. The van der Waals surface area contributed by atoms with Crippen LogP contribution in [0.15, 0.2) is 12.4 Å². The fraction of sp³-hybridized carbons (Fsp3) is 0.556. The van der Waals surface area contributed by atoms with Gasteiger partial charge >= 0.3 is 0 Å². The van der Waals surface area contributed by atoms with Crippen LogP contribution in [0.4, 0.5) is 5.69 Å². The summed E-state index contributed by atoms with van der Waals surface area (Å²) >= 11 is 0. The van der Waals surface area contributed by atoms with Gasteiger partial charge in [-0.25, -0.2) is 9.97 Å². The predicted octanol–water partition coefficient (Wildman–Crippen LogP) is 1.33. The number of hydrogen-bond acceptors (Lipinski definition) is 4. The van der Waals surface area contributed by atoms with Crippen molar-refractivity contribution in [2.24, 2.45) is 0 Å². The van der Waals surface area contributed by atoms with Crippen molar-refractivity contribution in [3.05, 3.63) is 18.2 Å². The molecule has 0 bridgehead atoms. The van der Waals surface area contributed by atoms with Gasteiger partial charge in [-0.05, 0) is 13.3 Å². The van der Waals surface area contributed by atoms with E-state index in [1.165, 1.54) is 0 Å². The number of methoxy groups -OCH3 is 1. The third kappa shape index (κ3) is 1.95. The van der Waals surface area contributed by atoms with Crippen molar-refractivity contribution < 1.29 is 4.74 Å². The smallest absolute Gasteiger partial charge is 0.160 e. The molecule has 72 valence electrons. The monoisotopic (exact) mass is 181 g/mol. The number of aromatic nitrogens is 2. The number of nitrogens with zero attached hydrogens (tertiary/aromatic N) is 2. The Morgan fingerprint density at radius 3 is 2.38 bits per heavy atom. The molecule has 0 aliphatic heterocycles. The van der Waals surface area contributed by atoms with E-state index in [0.717, 1.165) is 6.42 Å². The molecule has 13 heavy (non-hydrogen) atoms. The fourth-order valence-electron chi connectivity index (χ4n) is 1.00. The van der Waals surface area contributed by atoms with Crippen LogP contribution in [0.2, 0.25) is 0 Å². The third-order valence-electron chi connectivity index (χ3n) is 2.27. The van der Waals surface area contributed by atoms with Gasteiger partial charge in [0, 0.05) is 7.11 Å². The van der Waals surface area contributed by atoms with Crippen LogP contribution >= 0.6 is 0 Å². The molecule has 1 aromatic rings. The van der Waals surface area contributed by atoms with Gasteiger partial charge in [-0.2, -0.15) is 0 Å². The Labute approximate surface area is 78.1 Å². The van der Waals surface area contributed by atoms with Gasteiger partial charge in [-0.15, -0.1) is 0 Å². The molecule has 0 aromatic carbocycles. The summed E-state index contributed by atoms with van der Waals surface area (Å²) in [4.78, 5) is 8.26. The standard InChI is InChI=1S/C9H15N3O/c1-4-9(2,13-3)8-11-5-7(10)6-12-8/h5-6H,4,10H2,1-3H3. The molecular formula is C9H15N3O. The van der Waals surface area contributed by atoms with Gasteiger partial charge in [0.15, 0.2) is 5.82 Å². The van der Waals surface area contributed by atoms with Crippen LogP contribution in [-0.2, 0) is 10.3 Å². The molecule has 1 atom stereocenters. The third-order valence-corrected chi connectivity index (χ3v) is 2.27. The maximum atomic E-state index is 5.49. The van der Waals surface area contributed by atoms with Gasteiger partial charge in [0.2, 0.25) is 0 Å². The summed E-state index contributed by atoms with van der Waals surface area (Å²) in [5.74, 6) is 0.673. The van der Waals surface area contributed by atoms with E-state index >= 15 is 0 Å². The minimum absolute atomic E-state index is 0.409. The first-order valence-electron chi connectivity index (χ1n) is 4.25. The lowest BCUT2D eigenvalue weighted by Crippen LogP contribution is -2.26. The van der Waals surface area contributed by atoms with E-state index in [4.69, 9.17) is 10.5 Å². The highest BCUT2D eigenvalue weighted by Gasteiger charge is 2.26. The molecule has 0 amide bonds. The SMILES string of the molecule is CCC(C)(OC)c1ncc(N)cn1. The molecule has 1 rings (SSSR count). The zero-order chi connectivity index (χ0) is 9.90. The molecule has 1 unspecified atom stereocenters. The Kier molecular flexibility index (Phi) is 2.83. The molecule has 1 heterocycles. The summed E-state index contributed by atoms with van der Waals surface area (Å²) in [6.07, 6.45) is 4.01. The van der Waals surface area contributed by atoms with Crippen LogP contribution in [0, 0.1) is 0 Å². The highest BCUT2D eigenvalue weighted by molar-refractivity contribution is 5.30. The van der Waals surface area contributed by atoms with E-state index in [1.807, 2.05) is 13.8 Å². The maximum absolute atomic E-state index is 5.49. The van der Waals surface area contributed by atoms with E-state index in [0.29, 0.717) is 11.5 Å². The Morgan fingerprint density at radius 2 is 2.00 bits per heavy atom. The topological polar surface area (TPSA) is 61.0 Å². The van der Waals surface area contributed by atoms with E-state index < -0.39 is 5.60 Å². The summed E-state index contributed by atoms with van der Waals surface area (Å²) in [6, 6.07) is 0. The zero-order valence-electron chi connectivity index (χ0n) is 8.24. The van der Waals surface area contributed by atoms with Crippen molar-refractivity contribution in [1.82, 2.24) is 9.97 Å². The molecule has 0 saturated heterocycles. The lowest BCUT2D eigenvalue weighted by molar-refractivity contribution is -0.00896. The minimum atomic E-state index is -0.409. The molecular weight excluding hydrogens is 166 g/mol. The molecule has 2 N–H and O–H groups in total. The Bertz CT molecular complexity index is 267. The van der Waals surface area contributed by atoms with Crippen LogP contribution in [0.3, 0.4) is 0 Å². The first-order chi connectivity index (χ1) is 6.12. The average molecular weight is 181 g/mol. The second-order valence-electron chi connectivity index (χ2n) is 3.13. The second-order valence-corrected chi connectivity index (χ2v) is 3.13.